The van der Waals surface area contributed by atoms with Gasteiger partial charge in [0.25, 0.3) is 0 Å². The molecule has 104 valence electrons. The first-order valence-electron chi connectivity index (χ1n) is 6.82. The second-order valence-corrected chi connectivity index (χ2v) is 5.35. The topological polar surface area (TPSA) is 45.5 Å². The third-order valence-corrected chi connectivity index (χ3v) is 3.17. The molecule has 1 amide bonds. The molecular formula is C15H22N2O2. The molecule has 0 saturated carbocycles. The van der Waals surface area contributed by atoms with Crippen molar-refractivity contribution in [3.8, 4) is 0 Å². The molecule has 0 aromatic carbocycles. The highest BCUT2D eigenvalue weighted by molar-refractivity contribution is 5.78. The SMILES string of the molecule is Cc1ccc(C2=CCN(CC(=O)NC(C)C)CC2)o1. The fourth-order valence-corrected chi connectivity index (χ4v) is 2.26. The van der Waals surface area contributed by atoms with Crippen molar-refractivity contribution in [2.75, 3.05) is 19.6 Å². The molecule has 4 heteroatoms. The van der Waals surface area contributed by atoms with Crippen molar-refractivity contribution in [1.29, 1.82) is 0 Å². The number of hydrogen-bond acceptors (Lipinski definition) is 3. The first-order chi connectivity index (χ1) is 9.04. The minimum absolute atomic E-state index is 0.0979. The highest BCUT2D eigenvalue weighted by Crippen LogP contribution is 2.23. The first kappa shape index (κ1) is 13.9. The number of aryl methyl sites for hydroxylation is 1. The second kappa shape index (κ2) is 6.06. The molecular weight excluding hydrogens is 240 g/mol. The zero-order valence-electron chi connectivity index (χ0n) is 11.9. The molecule has 1 aliphatic heterocycles. The average molecular weight is 262 g/mol. The summed E-state index contributed by atoms with van der Waals surface area (Å²) in [7, 11) is 0. The van der Waals surface area contributed by atoms with E-state index in [2.05, 4.69) is 16.3 Å². The van der Waals surface area contributed by atoms with Crippen LogP contribution in [-0.2, 0) is 4.79 Å². The van der Waals surface area contributed by atoms with E-state index >= 15 is 0 Å². The Labute approximate surface area is 114 Å². The van der Waals surface area contributed by atoms with Gasteiger partial charge in [-0.2, -0.15) is 0 Å². The average Bonchev–Trinajstić information content (AvgIpc) is 2.75. The third kappa shape index (κ3) is 3.96. The van der Waals surface area contributed by atoms with Crippen LogP contribution in [0.5, 0.6) is 0 Å². The van der Waals surface area contributed by atoms with E-state index in [1.54, 1.807) is 0 Å². The van der Waals surface area contributed by atoms with E-state index in [4.69, 9.17) is 4.42 Å². The van der Waals surface area contributed by atoms with Crippen molar-refractivity contribution in [1.82, 2.24) is 10.2 Å². The maximum absolute atomic E-state index is 11.7. The summed E-state index contributed by atoms with van der Waals surface area (Å²) in [5.74, 6) is 2.00. The molecule has 0 spiro atoms. The molecule has 1 aromatic heterocycles. The zero-order chi connectivity index (χ0) is 13.8. The number of furan rings is 1. The number of hydrogen-bond donors (Lipinski definition) is 1. The van der Waals surface area contributed by atoms with Gasteiger partial charge in [-0.1, -0.05) is 6.08 Å². The molecule has 19 heavy (non-hydrogen) atoms. The van der Waals surface area contributed by atoms with Crippen molar-refractivity contribution < 1.29 is 9.21 Å². The van der Waals surface area contributed by atoms with E-state index in [1.165, 1.54) is 5.57 Å². The van der Waals surface area contributed by atoms with Gasteiger partial charge in [0.05, 0.1) is 6.54 Å². The Kier molecular flexibility index (Phi) is 4.43. The number of nitrogens with zero attached hydrogens (tertiary/aromatic N) is 1. The molecule has 2 heterocycles. The summed E-state index contributed by atoms with van der Waals surface area (Å²) in [6.45, 7) is 8.09. The number of carbonyl (C=O) groups excluding carboxylic acids is 1. The van der Waals surface area contributed by atoms with Gasteiger partial charge < -0.3 is 9.73 Å². The van der Waals surface area contributed by atoms with Gasteiger partial charge >= 0.3 is 0 Å². The molecule has 0 aliphatic carbocycles. The summed E-state index contributed by atoms with van der Waals surface area (Å²) in [5.41, 5.74) is 1.24. The maximum atomic E-state index is 11.7. The predicted octanol–water partition coefficient (Wildman–Crippen LogP) is 2.20. The van der Waals surface area contributed by atoms with Crippen LogP contribution in [0.25, 0.3) is 5.57 Å². The van der Waals surface area contributed by atoms with E-state index in [-0.39, 0.29) is 11.9 Å². The van der Waals surface area contributed by atoms with Gasteiger partial charge in [-0.05, 0) is 44.9 Å². The van der Waals surface area contributed by atoms with Crippen LogP contribution in [0.3, 0.4) is 0 Å². The molecule has 0 unspecified atom stereocenters. The zero-order valence-corrected chi connectivity index (χ0v) is 11.9. The number of carbonyl (C=O) groups is 1. The predicted molar refractivity (Wildman–Crippen MR) is 75.8 cm³/mol. The molecule has 2 rings (SSSR count). The highest BCUT2D eigenvalue weighted by Gasteiger charge is 2.17. The van der Waals surface area contributed by atoms with Gasteiger partial charge in [-0.25, -0.2) is 0 Å². The minimum atomic E-state index is 0.0979. The van der Waals surface area contributed by atoms with E-state index in [9.17, 15) is 4.79 Å². The summed E-state index contributed by atoms with van der Waals surface area (Å²) in [4.78, 5) is 13.8. The lowest BCUT2D eigenvalue weighted by Gasteiger charge is -2.25. The van der Waals surface area contributed by atoms with Crippen LogP contribution in [-0.4, -0.2) is 36.5 Å². The molecule has 4 nitrogen and oxygen atoms in total. The lowest BCUT2D eigenvalue weighted by atomic mass is 10.1. The molecule has 0 bridgehead atoms. The normalized spacial score (nSPS) is 16.5. The van der Waals surface area contributed by atoms with Crippen LogP contribution >= 0.6 is 0 Å². The smallest absolute Gasteiger partial charge is 0.234 e. The Bertz CT molecular complexity index is 474. The van der Waals surface area contributed by atoms with Crippen molar-refractivity contribution in [2.24, 2.45) is 0 Å². The van der Waals surface area contributed by atoms with E-state index in [1.807, 2.05) is 32.9 Å². The van der Waals surface area contributed by atoms with Gasteiger partial charge in [0.2, 0.25) is 5.91 Å². The Morgan fingerprint density at radius 1 is 1.47 bits per heavy atom. The van der Waals surface area contributed by atoms with E-state index < -0.39 is 0 Å². The summed E-state index contributed by atoms with van der Waals surface area (Å²) < 4.78 is 5.63. The van der Waals surface area contributed by atoms with Gasteiger partial charge in [0, 0.05) is 19.1 Å². The van der Waals surface area contributed by atoms with Crippen LogP contribution in [0.1, 0.15) is 31.8 Å². The van der Waals surface area contributed by atoms with E-state index in [0.717, 1.165) is 31.0 Å². The highest BCUT2D eigenvalue weighted by atomic mass is 16.3. The first-order valence-corrected chi connectivity index (χ1v) is 6.82. The van der Waals surface area contributed by atoms with Crippen LogP contribution in [0.2, 0.25) is 0 Å². The van der Waals surface area contributed by atoms with Gasteiger partial charge in [0.1, 0.15) is 11.5 Å². The Morgan fingerprint density at radius 2 is 2.26 bits per heavy atom. The lowest BCUT2D eigenvalue weighted by molar-refractivity contribution is -0.122. The van der Waals surface area contributed by atoms with Crippen LogP contribution in [0.15, 0.2) is 22.6 Å². The van der Waals surface area contributed by atoms with Gasteiger partial charge in [-0.3, -0.25) is 9.69 Å². The maximum Gasteiger partial charge on any atom is 0.234 e. The number of amides is 1. The summed E-state index contributed by atoms with van der Waals surface area (Å²) in [6.07, 6.45) is 3.09. The van der Waals surface area contributed by atoms with Crippen LogP contribution in [0.4, 0.5) is 0 Å². The lowest BCUT2D eigenvalue weighted by Crippen LogP contribution is -2.41. The molecule has 1 aliphatic rings. The monoisotopic (exact) mass is 262 g/mol. The molecule has 1 N–H and O–H groups in total. The Balaban J connectivity index is 1.87. The minimum Gasteiger partial charge on any atom is -0.462 e. The Hall–Kier alpha value is -1.55. The molecule has 0 radical (unpaired) electrons. The fraction of sp³-hybridized carbons (Fsp3) is 0.533. The molecule has 0 fully saturated rings. The Morgan fingerprint density at radius 3 is 2.79 bits per heavy atom. The third-order valence-electron chi connectivity index (χ3n) is 3.17. The van der Waals surface area contributed by atoms with Crippen molar-refractivity contribution >= 4 is 11.5 Å². The van der Waals surface area contributed by atoms with E-state index in [0.29, 0.717) is 6.54 Å². The van der Waals surface area contributed by atoms with Crippen molar-refractivity contribution in [3.05, 3.63) is 29.7 Å². The van der Waals surface area contributed by atoms with Gasteiger partial charge in [-0.15, -0.1) is 0 Å². The molecule has 1 aromatic rings. The quantitative estimate of drug-likeness (QED) is 0.905. The van der Waals surface area contributed by atoms with Crippen LogP contribution < -0.4 is 5.32 Å². The summed E-state index contributed by atoms with van der Waals surface area (Å²) >= 11 is 0. The largest absolute Gasteiger partial charge is 0.462 e. The van der Waals surface area contributed by atoms with Crippen molar-refractivity contribution in [2.45, 2.75) is 33.2 Å². The number of nitrogens with one attached hydrogen (secondary N) is 1. The van der Waals surface area contributed by atoms with Crippen molar-refractivity contribution in [3.63, 3.8) is 0 Å². The summed E-state index contributed by atoms with van der Waals surface area (Å²) in [5, 5.41) is 2.92. The molecule has 0 saturated heterocycles. The second-order valence-electron chi connectivity index (χ2n) is 5.35. The fourth-order valence-electron chi connectivity index (χ4n) is 2.26. The summed E-state index contributed by atoms with van der Waals surface area (Å²) in [6, 6.07) is 4.20. The standard InChI is InChI=1S/C15H22N2O2/c1-11(2)16-15(18)10-17-8-6-13(7-9-17)14-5-4-12(3)19-14/h4-6,11H,7-10H2,1-3H3,(H,16,18). The number of rotatable bonds is 4. The van der Waals surface area contributed by atoms with Crippen LogP contribution in [0, 0.1) is 6.92 Å². The van der Waals surface area contributed by atoms with Gasteiger partial charge in [0.15, 0.2) is 0 Å². The molecule has 0 atom stereocenters.